The first-order chi connectivity index (χ1) is 10.9. The summed E-state index contributed by atoms with van der Waals surface area (Å²) in [6, 6.07) is 9.15. The van der Waals surface area contributed by atoms with E-state index in [-0.39, 0.29) is 0 Å². The molecule has 1 aromatic heterocycles. The second-order valence-electron chi connectivity index (χ2n) is 7.83. The summed E-state index contributed by atoms with van der Waals surface area (Å²) in [6.07, 6.45) is 6.02. The quantitative estimate of drug-likeness (QED) is 0.680. The average molecular weight is 315 g/mol. The van der Waals surface area contributed by atoms with Gasteiger partial charge in [0.2, 0.25) is 0 Å². The Balaban J connectivity index is 1.49. The molecule has 2 N–H and O–H groups in total. The van der Waals surface area contributed by atoms with Gasteiger partial charge in [0, 0.05) is 49.7 Å². The highest BCUT2D eigenvalue weighted by Gasteiger charge is 2.28. The molecular weight excluding hydrogens is 284 g/mol. The van der Waals surface area contributed by atoms with Gasteiger partial charge in [0.05, 0.1) is 32.7 Å². The van der Waals surface area contributed by atoms with Crippen LogP contribution < -0.4 is 5.73 Å². The standard InChI is InChI=1S/C19H31N4/c1-23(2,3)16-8-13-21(14-9-16)11-5-12-22-15-10-17-18(20)6-4-7-19(17)22/h4,6-7,10,15-16H,5,8-9,11-14,20H2,1-3H3/q+1. The van der Waals surface area contributed by atoms with Gasteiger partial charge in [0.25, 0.3) is 0 Å². The van der Waals surface area contributed by atoms with Crippen LogP contribution in [-0.4, -0.2) is 60.8 Å². The number of nitrogen functional groups attached to an aromatic ring is 1. The molecule has 1 aliphatic heterocycles. The Morgan fingerprint density at radius 2 is 1.83 bits per heavy atom. The molecule has 4 heteroatoms. The molecule has 126 valence electrons. The summed E-state index contributed by atoms with van der Waals surface area (Å²) in [5.74, 6) is 0. The Bertz CT molecular complexity index is 645. The lowest BCUT2D eigenvalue weighted by Gasteiger charge is -2.40. The number of fused-ring (bicyclic) bond motifs is 1. The van der Waals surface area contributed by atoms with Crippen molar-refractivity contribution in [3.8, 4) is 0 Å². The molecule has 1 aromatic carbocycles. The van der Waals surface area contributed by atoms with Gasteiger partial charge in [0.1, 0.15) is 0 Å². The van der Waals surface area contributed by atoms with E-state index in [1.54, 1.807) is 0 Å². The van der Waals surface area contributed by atoms with Crippen LogP contribution in [0.1, 0.15) is 19.3 Å². The van der Waals surface area contributed by atoms with Crippen molar-refractivity contribution < 1.29 is 4.48 Å². The van der Waals surface area contributed by atoms with Gasteiger partial charge < -0.3 is 19.7 Å². The van der Waals surface area contributed by atoms with Gasteiger partial charge in [-0.05, 0) is 31.2 Å². The number of quaternary nitrogens is 1. The summed E-state index contributed by atoms with van der Waals surface area (Å²) in [7, 11) is 6.97. The van der Waals surface area contributed by atoms with Crippen LogP contribution in [0.15, 0.2) is 30.5 Å². The van der Waals surface area contributed by atoms with Crippen molar-refractivity contribution in [3.05, 3.63) is 30.5 Å². The fourth-order valence-corrected chi connectivity index (χ4v) is 3.82. The number of aryl methyl sites for hydroxylation is 1. The lowest BCUT2D eigenvalue weighted by Crippen LogP contribution is -2.51. The Labute approximate surface area is 140 Å². The number of aromatic nitrogens is 1. The van der Waals surface area contributed by atoms with E-state index in [2.05, 4.69) is 48.9 Å². The highest BCUT2D eigenvalue weighted by Crippen LogP contribution is 2.22. The molecule has 0 spiro atoms. The van der Waals surface area contributed by atoms with Crippen molar-refractivity contribution in [2.24, 2.45) is 0 Å². The number of rotatable bonds is 5. The van der Waals surface area contributed by atoms with Crippen molar-refractivity contribution in [2.45, 2.75) is 31.8 Å². The molecule has 1 saturated heterocycles. The molecule has 3 rings (SSSR count). The third-order valence-electron chi connectivity index (χ3n) is 5.37. The first-order valence-corrected chi connectivity index (χ1v) is 8.82. The maximum atomic E-state index is 6.04. The summed E-state index contributed by atoms with van der Waals surface area (Å²) < 4.78 is 3.44. The molecule has 0 amide bonds. The van der Waals surface area contributed by atoms with E-state index in [9.17, 15) is 0 Å². The van der Waals surface area contributed by atoms with Gasteiger partial charge in [-0.25, -0.2) is 0 Å². The molecule has 1 fully saturated rings. The molecule has 0 unspecified atom stereocenters. The van der Waals surface area contributed by atoms with E-state index in [1.165, 1.54) is 49.8 Å². The minimum Gasteiger partial charge on any atom is -0.398 e. The molecular formula is C19H31N4+. The van der Waals surface area contributed by atoms with Crippen molar-refractivity contribution in [2.75, 3.05) is 46.5 Å². The topological polar surface area (TPSA) is 34.2 Å². The summed E-state index contributed by atoms with van der Waals surface area (Å²) in [6.45, 7) is 4.77. The molecule has 0 saturated carbocycles. The van der Waals surface area contributed by atoms with Crippen molar-refractivity contribution >= 4 is 16.6 Å². The fraction of sp³-hybridized carbons (Fsp3) is 0.579. The van der Waals surface area contributed by atoms with Gasteiger partial charge >= 0.3 is 0 Å². The minimum absolute atomic E-state index is 0.822. The molecule has 1 aliphatic rings. The van der Waals surface area contributed by atoms with Crippen LogP contribution in [0.25, 0.3) is 10.9 Å². The zero-order valence-corrected chi connectivity index (χ0v) is 14.8. The molecule has 2 aromatic rings. The molecule has 23 heavy (non-hydrogen) atoms. The van der Waals surface area contributed by atoms with Crippen LogP contribution >= 0.6 is 0 Å². The number of nitrogens with two attached hydrogens (primary N) is 1. The summed E-state index contributed by atoms with van der Waals surface area (Å²) in [4.78, 5) is 2.63. The predicted molar refractivity (Wildman–Crippen MR) is 98.5 cm³/mol. The maximum absolute atomic E-state index is 6.04. The predicted octanol–water partition coefficient (Wildman–Crippen LogP) is 2.78. The number of hydrogen-bond donors (Lipinski definition) is 1. The maximum Gasteiger partial charge on any atom is 0.0908 e. The molecule has 2 heterocycles. The van der Waals surface area contributed by atoms with Gasteiger partial charge in [-0.1, -0.05) is 6.07 Å². The fourth-order valence-electron chi connectivity index (χ4n) is 3.82. The van der Waals surface area contributed by atoms with Gasteiger partial charge in [-0.2, -0.15) is 0 Å². The summed E-state index contributed by atoms with van der Waals surface area (Å²) in [5, 5.41) is 1.18. The number of benzene rings is 1. The average Bonchev–Trinajstić information content (AvgIpc) is 2.92. The van der Waals surface area contributed by atoms with Crippen LogP contribution in [0.4, 0.5) is 5.69 Å². The van der Waals surface area contributed by atoms with Gasteiger partial charge in [0.15, 0.2) is 0 Å². The van der Waals surface area contributed by atoms with Crippen molar-refractivity contribution in [1.82, 2.24) is 9.47 Å². The summed E-state index contributed by atoms with van der Waals surface area (Å²) >= 11 is 0. The molecule has 0 radical (unpaired) electrons. The largest absolute Gasteiger partial charge is 0.398 e. The van der Waals surface area contributed by atoms with Crippen LogP contribution in [0.5, 0.6) is 0 Å². The lowest BCUT2D eigenvalue weighted by atomic mass is 10.0. The smallest absolute Gasteiger partial charge is 0.0908 e. The first-order valence-electron chi connectivity index (χ1n) is 8.82. The van der Waals surface area contributed by atoms with Crippen LogP contribution in [0, 0.1) is 0 Å². The Hall–Kier alpha value is -1.52. The van der Waals surface area contributed by atoms with Crippen LogP contribution in [-0.2, 0) is 6.54 Å². The number of piperidine rings is 1. The van der Waals surface area contributed by atoms with Crippen molar-refractivity contribution in [1.29, 1.82) is 0 Å². The Morgan fingerprint density at radius 1 is 1.09 bits per heavy atom. The van der Waals surface area contributed by atoms with Gasteiger partial charge in [-0.3, -0.25) is 0 Å². The molecule has 0 aliphatic carbocycles. The van der Waals surface area contributed by atoms with Crippen molar-refractivity contribution in [3.63, 3.8) is 0 Å². The molecule has 4 nitrogen and oxygen atoms in total. The van der Waals surface area contributed by atoms with E-state index in [1.807, 2.05) is 12.1 Å². The molecule has 0 atom stereocenters. The van der Waals surface area contributed by atoms with Crippen LogP contribution in [0.3, 0.4) is 0 Å². The summed E-state index contributed by atoms with van der Waals surface area (Å²) in [5.41, 5.74) is 8.18. The third kappa shape index (κ3) is 3.70. The van der Waals surface area contributed by atoms with Gasteiger partial charge in [-0.15, -0.1) is 0 Å². The zero-order chi connectivity index (χ0) is 16.4. The number of likely N-dealkylation sites (tertiary alicyclic amines) is 1. The SMILES string of the molecule is C[N+](C)(C)C1CCN(CCCn2ccc3c(N)cccc32)CC1. The highest BCUT2D eigenvalue weighted by atomic mass is 15.3. The second kappa shape index (κ2) is 6.54. The Kier molecular flexibility index (Phi) is 4.64. The highest BCUT2D eigenvalue weighted by molar-refractivity contribution is 5.91. The number of anilines is 1. The van der Waals surface area contributed by atoms with E-state index >= 15 is 0 Å². The van der Waals surface area contributed by atoms with Crippen LogP contribution in [0.2, 0.25) is 0 Å². The second-order valence-corrected chi connectivity index (χ2v) is 7.83. The zero-order valence-electron chi connectivity index (χ0n) is 14.8. The van der Waals surface area contributed by atoms with E-state index in [4.69, 9.17) is 5.73 Å². The normalized spacial score (nSPS) is 17.9. The third-order valence-corrected chi connectivity index (χ3v) is 5.37. The first kappa shape index (κ1) is 16.3. The number of nitrogens with zero attached hydrogens (tertiary/aromatic N) is 3. The monoisotopic (exact) mass is 315 g/mol. The molecule has 0 bridgehead atoms. The number of hydrogen-bond acceptors (Lipinski definition) is 2. The minimum atomic E-state index is 0.822. The van der Waals surface area contributed by atoms with E-state index < -0.39 is 0 Å². The lowest BCUT2D eigenvalue weighted by molar-refractivity contribution is -0.897. The van der Waals surface area contributed by atoms with E-state index in [0.29, 0.717) is 0 Å². The van der Waals surface area contributed by atoms with E-state index in [0.717, 1.165) is 22.8 Å². The Morgan fingerprint density at radius 3 is 2.52 bits per heavy atom.